The molecule has 0 saturated carbocycles. The maximum Gasteiger partial charge on any atom is 0.160 e. The van der Waals surface area contributed by atoms with Gasteiger partial charge in [0.2, 0.25) is 0 Å². The summed E-state index contributed by atoms with van der Waals surface area (Å²) in [6, 6.07) is 12.0. The average Bonchev–Trinajstić information content (AvgIpc) is 3.37. The predicted molar refractivity (Wildman–Crippen MR) is 116 cm³/mol. The summed E-state index contributed by atoms with van der Waals surface area (Å²) in [5.74, 6) is 1.44. The molecule has 0 aliphatic rings. The summed E-state index contributed by atoms with van der Waals surface area (Å²) >= 11 is 0. The van der Waals surface area contributed by atoms with Crippen molar-refractivity contribution in [1.29, 1.82) is 0 Å². The zero-order valence-corrected chi connectivity index (χ0v) is 16.8. The van der Waals surface area contributed by atoms with E-state index < -0.39 is 0 Å². The van der Waals surface area contributed by atoms with Gasteiger partial charge in [0.15, 0.2) is 11.5 Å². The Labute approximate surface area is 173 Å². The molecular weight excluding hydrogens is 378 g/mol. The van der Waals surface area contributed by atoms with Crippen molar-refractivity contribution in [3.05, 3.63) is 55.0 Å². The molecule has 8 heteroatoms. The molecule has 5 rings (SSSR count). The number of aromatic nitrogens is 6. The fourth-order valence-corrected chi connectivity index (χ4v) is 3.33. The largest absolute Gasteiger partial charge is 0.491 e. The molecule has 0 radical (unpaired) electrons. The van der Waals surface area contributed by atoms with E-state index in [1.165, 1.54) is 0 Å². The molecule has 0 bridgehead atoms. The van der Waals surface area contributed by atoms with Gasteiger partial charge in [-0.2, -0.15) is 5.10 Å². The van der Waals surface area contributed by atoms with Crippen molar-refractivity contribution in [2.45, 2.75) is 0 Å². The fraction of sp³-hybridized carbons (Fsp3) is 0.182. The van der Waals surface area contributed by atoms with Crippen molar-refractivity contribution in [1.82, 2.24) is 35.0 Å². The predicted octanol–water partition coefficient (Wildman–Crippen LogP) is 3.50. The lowest BCUT2D eigenvalue weighted by atomic mass is 10.0. The van der Waals surface area contributed by atoms with Gasteiger partial charge in [-0.1, -0.05) is 6.07 Å². The number of aromatic amines is 2. The molecule has 0 aliphatic carbocycles. The van der Waals surface area contributed by atoms with Crippen molar-refractivity contribution < 1.29 is 4.74 Å². The van der Waals surface area contributed by atoms with Crippen LogP contribution >= 0.6 is 0 Å². The first kappa shape index (κ1) is 18.3. The number of pyridine rings is 2. The number of fused-ring (bicyclic) bond motifs is 2. The van der Waals surface area contributed by atoms with Gasteiger partial charge in [0.05, 0.1) is 11.7 Å². The Balaban J connectivity index is 1.50. The Morgan fingerprint density at radius 3 is 2.87 bits per heavy atom. The molecule has 150 valence electrons. The van der Waals surface area contributed by atoms with Crippen LogP contribution in [0.4, 0.5) is 0 Å². The Hall–Kier alpha value is -3.78. The Morgan fingerprint density at radius 2 is 2.00 bits per heavy atom. The molecule has 4 aromatic heterocycles. The van der Waals surface area contributed by atoms with Crippen molar-refractivity contribution in [2.24, 2.45) is 0 Å². The molecule has 0 spiro atoms. The van der Waals surface area contributed by atoms with Crippen LogP contribution < -0.4 is 4.74 Å². The summed E-state index contributed by atoms with van der Waals surface area (Å²) in [6.07, 6.45) is 5.32. The molecule has 0 saturated heterocycles. The van der Waals surface area contributed by atoms with Gasteiger partial charge in [-0.15, -0.1) is 0 Å². The molecule has 0 fully saturated rings. The van der Waals surface area contributed by atoms with Crippen molar-refractivity contribution in [3.8, 4) is 28.4 Å². The molecule has 0 amide bonds. The first-order chi connectivity index (χ1) is 14.7. The third-order valence-electron chi connectivity index (χ3n) is 4.90. The average molecular weight is 399 g/mol. The lowest BCUT2D eigenvalue weighted by Gasteiger charge is -2.11. The van der Waals surface area contributed by atoms with Crippen LogP contribution in [0.1, 0.15) is 0 Å². The van der Waals surface area contributed by atoms with Crippen LogP contribution in [0, 0.1) is 0 Å². The highest BCUT2D eigenvalue weighted by atomic mass is 16.5. The zero-order valence-electron chi connectivity index (χ0n) is 16.8. The van der Waals surface area contributed by atoms with Gasteiger partial charge in [0.1, 0.15) is 23.6 Å². The van der Waals surface area contributed by atoms with Crippen LogP contribution in [0.15, 0.2) is 55.0 Å². The highest BCUT2D eigenvalue weighted by Gasteiger charge is 2.14. The number of ether oxygens (including phenoxy) is 1. The van der Waals surface area contributed by atoms with Gasteiger partial charge in [-0.05, 0) is 50.0 Å². The van der Waals surface area contributed by atoms with E-state index in [1.54, 1.807) is 12.4 Å². The van der Waals surface area contributed by atoms with E-state index >= 15 is 0 Å². The molecule has 5 aromatic rings. The number of likely N-dealkylation sites (N-methyl/N-ethyl adjacent to an activating group) is 1. The number of nitrogens with one attached hydrogen (secondary N) is 2. The molecule has 0 aliphatic heterocycles. The Bertz CT molecular complexity index is 1290. The lowest BCUT2D eigenvalue weighted by Crippen LogP contribution is -2.19. The van der Waals surface area contributed by atoms with Crippen LogP contribution in [-0.4, -0.2) is 62.3 Å². The molecule has 1 aromatic carbocycles. The smallest absolute Gasteiger partial charge is 0.160 e. The maximum absolute atomic E-state index is 5.83. The van der Waals surface area contributed by atoms with E-state index in [0.717, 1.165) is 51.2 Å². The van der Waals surface area contributed by atoms with E-state index in [2.05, 4.69) is 41.1 Å². The SMILES string of the molecule is CN(C)CCOc1cncc(-c2ccc3[nH]nc(-c4nc5cccnc5[nH]4)c3c2)c1. The van der Waals surface area contributed by atoms with Crippen LogP contribution in [0.2, 0.25) is 0 Å². The quantitative estimate of drug-likeness (QED) is 0.454. The summed E-state index contributed by atoms with van der Waals surface area (Å²) in [4.78, 5) is 18.6. The summed E-state index contributed by atoms with van der Waals surface area (Å²) < 4.78 is 5.83. The minimum atomic E-state index is 0.614. The highest BCUT2D eigenvalue weighted by molar-refractivity contribution is 5.95. The Kier molecular flexibility index (Phi) is 4.61. The van der Waals surface area contributed by atoms with Crippen molar-refractivity contribution in [3.63, 3.8) is 0 Å². The van der Waals surface area contributed by atoms with E-state index in [0.29, 0.717) is 12.4 Å². The topological polar surface area (TPSA) is 95.6 Å². The number of benzene rings is 1. The van der Waals surface area contributed by atoms with E-state index in [9.17, 15) is 0 Å². The second kappa shape index (κ2) is 7.57. The van der Waals surface area contributed by atoms with E-state index in [4.69, 9.17) is 4.74 Å². The van der Waals surface area contributed by atoms with Gasteiger partial charge in [0.25, 0.3) is 0 Å². The molecule has 4 heterocycles. The zero-order chi connectivity index (χ0) is 20.5. The van der Waals surface area contributed by atoms with Gasteiger partial charge in [-0.3, -0.25) is 10.1 Å². The van der Waals surface area contributed by atoms with Crippen LogP contribution in [-0.2, 0) is 0 Å². The summed E-state index contributed by atoms with van der Waals surface area (Å²) in [7, 11) is 4.04. The summed E-state index contributed by atoms with van der Waals surface area (Å²) in [6.45, 7) is 1.46. The standard InChI is InChI=1S/C22H21N7O/c1-29(2)8-9-30-16-10-15(12-23-13-16)14-5-6-18-17(11-14)20(28-27-18)22-25-19-4-3-7-24-21(19)26-22/h3-7,10-13H,8-9H2,1-2H3,(H,27,28)(H,24,25,26). The number of nitrogens with zero attached hydrogens (tertiary/aromatic N) is 5. The molecule has 30 heavy (non-hydrogen) atoms. The third-order valence-corrected chi connectivity index (χ3v) is 4.90. The van der Waals surface area contributed by atoms with Crippen molar-refractivity contribution in [2.75, 3.05) is 27.2 Å². The minimum absolute atomic E-state index is 0.614. The fourth-order valence-electron chi connectivity index (χ4n) is 3.33. The Morgan fingerprint density at radius 1 is 1.07 bits per heavy atom. The number of hydrogen-bond donors (Lipinski definition) is 2. The van der Waals surface area contributed by atoms with Gasteiger partial charge < -0.3 is 14.6 Å². The molecule has 8 nitrogen and oxygen atoms in total. The molecular formula is C22H21N7O. The lowest BCUT2D eigenvalue weighted by molar-refractivity contribution is 0.261. The molecule has 2 N–H and O–H groups in total. The van der Waals surface area contributed by atoms with Gasteiger partial charge in [0, 0.05) is 29.9 Å². The number of hydrogen-bond acceptors (Lipinski definition) is 6. The first-order valence-corrected chi connectivity index (χ1v) is 9.69. The maximum atomic E-state index is 5.83. The monoisotopic (exact) mass is 399 g/mol. The second-order valence-electron chi connectivity index (χ2n) is 7.35. The number of imidazole rings is 1. The van der Waals surface area contributed by atoms with Gasteiger partial charge in [-0.25, -0.2) is 9.97 Å². The second-order valence-corrected chi connectivity index (χ2v) is 7.35. The summed E-state index contributed by atoms with van der Waals surface area (Å²) in [5.41, 5.74) is 5.27. The summed E-state index contributed by atoms with van der Waals surface area (Å²) in [5, 5.41) is 8.54. The number of rotatable bonds is 6. The van der Waals surface area contributed by atoms with E-state index in [1.807, 2.05) is 50.6 Å². The van der Waals surface area contributed by atoms with Gasteiger partial charge >= 0.3 is 0 Å². The van der Waals surface area contributed by atoms with Crippen LogP contribution in [0.25, 0.3) is 44.7 Å². The van der Waals surface area contributed by atoms with E-state index in [-0.39, 0.29) is 0 Å². The van der Waals surface area contributed by atoms with Crippen molar-refractivity contribution >= 4 is 22.1 Å². The molecule has 0 unspecified atom stereocenters. The molecule has 0 atom stereocenters. The minimum Gasteiger partial charge on any atom is -0.491 e. The first-order valence-electron chi connectivity index (χ1n) is 9.69. The number of H-pyrrole nitrogens is 2. The third kappa shape index (κ3) is 3.48. The van der Waals surface area contributed by atoms with Crippen LogP contribution in [0.3, 0.4) is 0 Å². The highest BCUT2D eigenvalue weighted by Crippen LogP contribution is 2.30. The normalized spacial score (nSPS) is 11.6. The van der Waals surface area contributed by atoms with Crippen LogP contribution in [0.5, 0.6) is 5.75 Å².